The Labute approximate surface area is 160 Å². The van der Waals surface area contributed by atoms with Crippen molar-refractivity contribution in [3.8, 4) is 0 Å². The first-order valence-electron chi connectivity index (χ1n) is 9.29. The van der Waals surface area contributed by atoms with E-state index in [-0.39, 0.29) is 18.4 Å². The van der Waals surface area contributed by atoms with Crippen LogP contribution >= 0.6 is 0 Å². The highest BCUT2D eigenvalue weighted by Crippen LogP contribution is 2.28. The summed E-state index contributed by atoms with van der Waals surface area (Å²) in [6, 6.07) is 5.30. The molecule has 2 aliphatic rings. The standard InChI is InChI=1S/C19H26N2O5S/c1-13-3-4-17(14(2)11-13)27(25,26)21-9-6-15(7-10-21)18(22)20-8-5-16(12-20)19(23)24/h3-4,11,15-16H,5-10,12H2,1-2H3,(H,23,24). The third-order valence-electron chi connectivity index (χ3n) is 5.60. The molecule has 2 heterocycles. The van der Waals surface area contributed by atoms with Crippen LogP contribution in [0, 0.1) is 25.7 Å². The summed E-state index contributed by atoms with van der Waals surface area (Å²) in [7, 11) is -3.57. The molecular formula is C19H26N2O5S. The van der Waals surface area contributed by atoms with E-state index in [1.807, 2.05) is 13.0 Å². The normalized spacial score (nSPS) is 22.1. The molecule has 0 radical (unpaired) electrons. The van der Waals surface area contributed by atoms with Crippen molar-refractivity contribution in [1.82, 2.24) is 9.21 Å². The lowest BCUT2D eigenvalue weighted by atomic mass is 9.96. The van der Waals surface area contributed by atoms with Gasteiger partial charge in [0.05, 0.1) is 10.8 Å². The van der Waals surface area contributed by atoms with E-state index in [1.54, 1.807) is 24.0 Å². The van der Waals surface area contributed by atoms with Gasteiger partial charge in [0.25, 0.3) is 0 Å². The van der Waals surface area contributed by atoms with Crippen LogP contribution < -0.4 is 0 Å². The van der Waals surface area contributed by atoms with E-state index in [0.717, 1.165) is 11.1 Å². The molecule has 0 aliphatic carbocycles. The summed E-state index contributed by atoms with van der Waals surface area (Å²) in [5.41, 5.74) is 1.74. The van der Waals surface area contributed by atoms with Crippen LogP contribution in [0.15, 0.2) is 23.1 Å². The predicted molar refractivity (Wildman–Crippen MR) is 99.7 cm³/mol. The van der Waals surface area contributed by atoms with Crippen LogP contribution in [0.5, 0.6) is 0 Å². The zero-order valence-electron chi connectivity index (χ0n) is 15.7. The fraction of sp³-hybridized carbons (Fsp3) is 0.579. The number of carboxylic acid groups (broad SMARTS) is 1. The van der Waals surface area contributed by atoms with Crippen molar-refractivity contribution in [3.05, 3.63) is 29.3 Å². The molecule has 0 spiro atoms. The van der Waals surface area contributed by atoms with Gasteiger partial charge in [0.15, 0.2) is 0 Å². The van der Waals surface area contributed by atoms with E-state index in [0.29, 0.717) is 43.8 Å². The van der Waals surface area contributed by atoms with Gasteiger partial charge in [-0.25, -0.2) is 8.42 Å². The minimum absolute atomic E-state index is 0.0395. The Morgan fingerprint density at radius 2 is 1.67 bits per heavy atom. The van der Waals surface area contributed by atoms with Gasteiger partial charge in [-0.15, -0.1) is 0 Å². The molecule has 0 saturated carbocycles. The first kappa shape index (κ1) is 19.8. The van der Waals surface area contributed by atoms with Crippen LogP contribution in [-0.2, 0) is 19.6 Å². The third-order valence-corrected chi connectivity index (χ3v) is 7.66. The van der Waals surface area contributed by atoms with Crippen molar-refractivity contribution in [2.75, 3.05) is 26.2 Å². The molecular weight excluding hydrogens is 368 g/mol. The fourth-order valence-corrected chi connectivity index (χ4v) is 5.67. The van der Waals surface area contributed by atoms with E-state index in [4.69, 9.17) is 5.11 Å². The molecule has 1 aromatic rings. The van der Waals surface area contributed by atoms with Gasteiger partial charge in [-0.05, 0) is 44.7 Å². The maximum Gasteiger partial charge on any atom is 0.308 e. The average molecular weight is 394 g/mol. The Kier molecular flexibility index (Phi) is 5.58. The SMILES string of the molecule is Cc1ccc(S(=O)(=O)N2CCC(C(=O)N3CCC(C(=O)O)C3)CC2)c(C)c1. The molecule has 8 heteroatoms. The van der Waals surface area contributed by atoms with Gasteiger partial charge in [0.2, 0.25) is 15.9 Å². The van der Waals surface area contributed by atoms with Crippen LogP contribution in [-0.4, -0.2) is 60.8 Å². The number of carbonyl (C=O) groups excluding carboxylic acids is 1. The fourth-order valence-electron chi connectivity index (χ4n) is 3.99. The second-order valence-corrected chi connectivity index (χ2v) is 9.46. The van der Waals surface area contributed by atoms with Crippen LogP contribution in [0.1, 0.15) is 30.4 Å². The van der Waals surface area contributed by atoms with E-state index in [2.05, 4.69) is 0 Å². The number of sulfonamides is 1. The van der Waals surface area contributed by atoms with Crippen molar-refractivity contribution in [2.24, 2.45) is 11.8 Å². The lowest BCUT2D eigenvalue weighted by Crippen LogP contribution is -2.44. The number of nitrogens with zero attached hydrogens (tertiary/aromatic N) is 2. The van der Waals surface area contributed by atoms with Gasteiger partial charge in [-0.1, -0.05) is 17.7 Å². The number of likely N-dealkylation sites (tertiary alicyclic amines) is 1. The monoisotopic (exact) mass is 394 g/mol. The quantitative estimate of drug-likeness (QED) is 0.838. The highest BCUT2D eigenvalue weighted by atomic mass is 32.2. The van der Waals surface area contributed by atoms with Gasteiger partial charge in [-0.3, -0.25) is 9.59 Å². The van der Waals surface area contributed by atoms with E-state index in [9.17, 15) is 18.0 Å². The minimum atomic E-state index is -3.57. The van der Waals surface area contributed by atoms with Crippen molar-refractivity contribution in [1.29, 1.82) is 0 Å². The van der Waals surface area contributed by atoms with Crippen LogP contribution in [0.25, 0.3) is 0 Å². The van der Waals surface area contributed by atoms with Gasteiger partial charge in [0.1, 0.15) is 0 Å². The Balaban J connectivity index is 1.63. The summed E-state index contributed by atoms with van der Waals surface area (Å²) in [6.45, 7) is 5.06. The number of carbonyl (C=O) groups is 2. The third kappa shape index (κ3) is 4.01. The second kappa shape index (κ2) is 7.59. The Bertz CT molecular complexity index is 844. The molecule has 1 unspecified atom stereocenters. The predicted octanol–water partition coefficient (Wildman–Crippen LogP) is 1.64. The first-order chi connectivity index (χ1) is 12.7. The molecule has 1 atom stereocenters. The summed E-state index contributed by atoms with van der Waals surface area (Å²) >= 11 is 0. The maximum absolute atomic E-state index is 12.9. The zero-order valence-corrected chi connectivity index (χ0v) is 16.5. The lowest BCUT2D eigenvalue weighted by molar-refractivity contribution is -0.141. The summed E-state index contributed by atoms with van der Waals surface area (Å²) < 4.78 is 27.3. The number of carboxylic acids is 1. The number of rotatable bonds is 4. The van der Waals surface area contributed by atoms with Gasteiger partial charge in [0, 0.05) is 32.1 Å². The molecule has 0 aromatic heterocycles. The Hall–Kier alpha value is -1.93. The van der Waals surface area contributed by atoms with Crippen molar-refractivity contribution < 1.29 is 23.1 Å². The van der Waals surface area contributed by atoms with E-state index in [1.165, 1.54) is 4.31 Å². The van der Waals surface area contributed by atoms with Crippen LogP contribution in [0.2, 0.25) is 0 Å². The number of amides is 1. The Morgan fingerprint density at radius 3 is 2.22 bits per heavy atom. The van der Waals surface area contributed by atoms with Gasteiger partial charge >= 0.3 is 5.97 Å². The number of benzene rings is 1. The molecule has 1 aromatic carbocycles. The van der Waals surface area contributed by atoms with Gasteiger partial charge < -0.3 is 10.0 Å². The number of aryl methyl sites for hydroxylation is 2. The first-order valence-corrected chi connectivity index (χ1v) is 10.7. The molecule has 1 N–H and O–H groups in total. The zero-order chi connectivity index (χ0) is 19.8. The maximum atomic E-state index is 12.9. The van der Waals surface area contributed by atoms with Crippen LogP contribution in [0.3, 0.4) is 0 Å². The number of aliphatic carboxylic acids is 1. The number of hydrogen-bond donors (Lipinski definition) is 1. The highest BCUT2D eigenvalue weighted by Gasteiger charge is 2.37. The smallest absolute Gasteiger partial charge is 0.308 e. The summed E-state index contributed by atoms with van der Waals surface area (Å²) in [5, 5.41) is 9.08. The lowest BCUT2D eigenvalue weighted by Gasteiger charge is -2.32. The molecule has 0 bridgehead atoms. The molecule has 2 aliphatic heterocycles. The molecule has 148 valence electrons. The van der Waals surface area contributed by atoms with E-state index < -0.39 is 21.9 Å². The molecule has 27 heavy (non-hydrogen) atoms. The molecule has 2 fully saturated rings. The molecule has 3 rings (SSSR count). The Morgan fingerprint density at radius 1 is 1.04 bits per heavy atom. The molecule has 1 amide bonds. The largest absolute Gasteiger partial charge is 0.481 e. The highest BCUT2D eigenvalue weighted by molar-refractivity contribution is 7.89. The number of piperidine rings is 1. The average Bonchev–Trinajstić information content (AvgIpc) is 3.11. The van der Waals surface area contributed by atoms with Crippen molar-refractivity contribution in [2.45, 2.75) is 38.0 Å². The van der Waals surface area contributed by atoms with E-state index >= 15 is 0 Å². The summed E-state index contributed by atoms with van der Waals surface area (Å²) in [5.74, 6) is -1.62. The number of hydrogen-bond acceptors (Lipinski definition) is 4. The molecule has 2 saturated heterocycles. The topological polar surface area (TPSA) is 95.0 Å². The van der Waals surface area contributed by atoms with Gasteiger partial charge in [-0.2, -0.15) is 4.31 Å². The molecule has 7 nitrogen and oxygen atoms in total. The van der Waals surface area contributed by atoms with Crippen molar-refractivity contribution in [3.63, 3.8) is 0 Å². The minimum Gasteiger partial charge on any atom is -0.481 e. The second-order valence-electron chi connectivity index (χ2n) is 7.56. The van der Waals surface area contributed by atoms with Crippen molar-refractivity contribution >= 4 is 21.9 Å². The summed E-state index contributed by atoms with van der Waals surface area (Å²) in [6.07, 6.45) is 1.43. The van der Waals surface area contributed by atoms with Crippen LogP contribution in [0.4, 0.5) is 0 Å². The summed E-state index contributed by atoms with van der Waals surface area (Å²) in [4.78, 5) is 25.7.